The monoisotopic (exact) mass is 135 g/mol. The Bertz CT molecular complexity index is 252. The van der Waals surface area contributed by atoms with E-state index in [0.717, 1.165) is 5.69 Å². The molecule has 0 aliphatic carbocycles. The summed E-state index contributed by atoms with van der Waals surface area (Å²) in [5.74, 6) is 0.657. The normalized spacial score (nSPS) is 10.0. The van der Waals surface area contributed by atoms with Crippen LogP contribution in [-0.4, -0.2) is 15.4 Å². The van der Waals surface area contributed by atoms with Crippen molar-refractivity contribution in [3.05, 3.63) is 24.5 Å². The maximum atomic E-state index is 4.79. The molecule has 0 unspecified atom stereocenters. The van der Waals surface area contributed by atoms with Crippen LogP contribution in [0.5, 0.6) is 0 Å². The van der Waals surface area contributed by atoms with Crippen LogP contribution in [0.15, 0.2) is 29.0 Å². The van der Waals surface area contributed by atoms with Crippen molar-refractivity contribution in [3.63, 3.8) is 0 Å². The van der Waals surface area contributed by atoms with Gasteiger partial charge < -0.3 is 9.51 Å². The van der Waals surface area contributed by atoms with Crippen molar-refractivity contribution in [3.8, 4) is 11.5 Å². The molecule has 50 valence electrons. The minimum absolute atomic E-state index is 0.657. The molecule has 0 bridgehead atoms. The smallest absolute Gasteiger partial charge is 0.203 e. The molecule has 4 nitrogen and oxygen atoms in total. The third-order valence-corrected chi connectivity index (χ3v) is 1.22. The van der Waals surface area contributed by atoms with Crippen molar-refractivity contribution >= 4 is 0 Å². The molecule has 0 saturated carbocycles. The Hall–Kier alpha value is -1.58. The van der Waals surface area contributed by atoms with Gasteiger partial charge in [-0.2, -0.15) is 0 Å². The maximum Gasteiger partial charge on any atom is 0.203 e. The minimum atomic E-state index is 0.657. The molecule has 0 aliphatic rings. The molecule has 0 amide bonds. The van der Waals surface area contributed by atoms with Gasteiger partial charge >= 0.3 is 0 Å². The van der Waals surface area contributed by atoms with Gasteiger partial charge in [0.2, 0.25) is 5.76 Å². The summed E-state index contributed by atoms with van der Waals surface area (Å²) in [4.78, 5) is 2.97. The van der Waals surface area contributed by atoms with Crippen LogP contribution in [0.2, 0.25) is 0 Å². The van der Waals surface area contributed by atoms with Gasteiger partial charge in [0.1, 0.15) is 6.20 Å². The SMILES string of the molecule is c1c[nH]c(-c2cnno2)c1. The second kappa shape index (κ2) is 1.98. The number of hydrogen-bond acceptors (Lipinski definition) is 3. The largest absolute Gasteiger partial charge is 0.359 e. The fourth-order valence-corrected chi connectivity index (χ4v) is 0.769. The first kappa shape index (κ1) is 5.22. The quantitative estimate of drug-likeness (QED) is 0.636. The molecule has 2 aromatic rings. The lowest BCUT2D eigenvalue weighted by Gasteiger charge is -1.82. The van der Waals surface area contributed by atoms with E-state index in [4.69, 9.17) is 4.52 Å². The van der Waals surface area contributed by atoms with E-state index < -0.39 is 0 Å². The molecule has 0 aliphatic heterocycles. The van der Waals surface area contributed by atoms with Crippen LogP contribution in [0.25, 0.3) is 11.5 Å². The van der Waals surface area contributed by atoms with Gasteiger partial charge in [-0.15, -0.1) is 5.10 Å². The first-order chi connectivity index (χ1) is 4.97. The van der Waals surface area contributed by atoms with Gasteiger partial charge in [-0.1, -0.05) is 0 Å². The number of aromatic nitrogens is 3. The van der Waals surface area contributed by atoms with E-state index in [1.165, 1.54) is 0 Å². The highest BCUT2D eigenvalue weighted by molar-refractivity contribution is 5.49. The van der Waals surface area contributed by atoms with E-state index >= 15 is 0 Å². The lowest BCUT2D eigenvalue weighted by Crippen LogP contribution is -1.68. The highest BCUT2D eigenvalue weighted by Gasteiger charge is 2.00. The average Bonchev–Trinajstić information content (AvgIpc) is 2.59. The summed E-state index contributed by atoms with van der Waals surface area (Å²) in [5, 5.41) is 6.87. The molecule has 2 rings (SSSR count). The summed E-state index contributed by atoms with van der Waals surface area (Å²) in [6, 6.07) is 3.78. The van der Waals surface area contributed by atoms with Crippen LogP contribution in [0.4, 0.5) is 0 Å². The van der Waals surface area contributed by atoms with Crippen LogP contribution in [0.3, 0.4) is 0 Å². The van der Waals surface area contributed by atoms with E-state index in [2.05, 4.69) is 15.4 Å². The van der Waals surface area contributed by atoms with E-state index in [0.29, 0.717) is 5.76 Å². The first-order valence-corrected chi connectivity index (χ1v) is 2.88. The topological polar surface area (TPSA) is 54.7 Å². The molecule has 0 spiro atoms. The zero-order valence-corrected chi connectivity index (χ0v) is 5.11. The average molecular weight is 135 g/mol. The molecular formula is C6H5N3O. The van der Waals surface area contributed by atoms with Crippen molar-refractivity contribution in [1.29, 1.82) is 0 Å². The van der Waals surface area contributed by atoms with E-state index in [1.54, 1.807) is 6.20 Å². The molecule has 0 fully saturated rings. The minimum Gasteiger partial charge on any atom is -0.359 e. The van der Waals surface area contributed by atoms with Crippen molar-refractivity contribution in [2.45, 2.75) is 0 Å². The number of nitrogens with zero attached hydrogens (tertiary/aromatic N) is 2. The molecule has 0 atom stereocenters. The van der Waals surface area contributed by atoms with Crippen LogP contribution in [0, 0.1) is 0 Å². The van der Waals surface area contributed by atoms with Gasteiger partial charge in [-0.05, 0) is 12.1 Å². The number of rotatable bonds is 1. The van der Waals surface area contributed by atoms with Gasteiger partial charge in [-0.25, -0.2) is 0 Å². The van der Waals surface area contributed by atoms with Gasteiger partial charge in [-0.3, -0.25) is 0 Å². The summed E-state index contributed by atoms with van der Waals surface area (Å²) in [6.45, 7) is 0. The van der Waals surface area contributed by atoms with Crippen LogP contribution in [-0.2, 0) is 0 Å². The zero-order chi connectivity index (χ0) is 6.81. The third-order valence-electron chi connectivity index (χ3n) is 1.22. The van der Waals surface area contributed by atoms with Crippen LogP contribution in [0.1, 0.15) is 0 Å². The summed E-state index contributed by atoms with van der Waals surface area (Å²) in [5.41, 5.74) is 0.894. The number of nitrogens with one attached hydrogen (secondary N) is 1. The summed E-state index contributed by atoms with van der Waals surface area (Å²) in [6.07, 6.45) is 3.38. The van der Waals surface area contributed by atoms with E-state index in [1.807, 2.05) is 18.3 Å². The molecule has 2 aromatic heterocycles. The predicted molar refractivity (Wildman–Crippen MR) is 34.1 cm³/mol. The van der Waals surface area contributed by atoms with Gasteiger partial charge in [0.05, 0.1) is 5.69 Å². The Morgan fingerprint density at radius 1 is 1.50 bits per heavy atom. The Morgan fingerprint density at radius 2 is 2.50 bits per heavy atom. The van der Waals surface area contributed by atoms with E-state index in [-0.39, 0.29) is 0 Å². The standard InChI is InChI=1S/C6H5N3O/c1-2-5(7-3-1)6-4-8-9-10-6/h1-4,7H. The van der Waals surface area contributed by atoms with Gasteiger partial charge in [0.25, 0.3) is 0 Å². The molecule has 0 saturated heterocycles. The second-order valence-corrected chi connectivity index (χ2v) is 1.87. The molecule has 0 radical (unpaired) electrons. The fourth-order valence-electron chi connectivity index (χ4n) is 0.769. The van der Waals surface area contributed by atoms with Gasteiger partial charge in [0, 0.05) is 11.5 Å². The molecule has 10 heavy (non-hydrogen) atoms. The van der Waals surface area contributed by atoms with Crippen molar-refractivity contribution < 1.29 is 4.52 Å². The zero-order valence-electron chi connectivity index (χ0n) is 5.11. The van der Waals surface area contributed by atoms with Gasteiger partial charge in [0.15, 0.2) is 0 Å². The van der Waals surface area contributed by atoms with Crippen LogP contribution >= 0.6 is 0 Å². The highest BCUT2D eigenvalue weighted by Crippen LogP contribution is 2.12. The molecule has 0 aromatic carbocycles. The third kappa shape index (κ3) is 0.699. The number of H-pyrrole nitrogens is 1. The van der Waals surface area contributed by atoms with E-state index in [9.17, 15) is 0 Å². The Balaban J connectivity index is 2.48. The highest BCUT2D eigenvalue weighted by atomic mass is 16.5. The Labute approximate surface area is 56.9 Å². The maximum absolute atomic E-state index is 4.79. The molecule has 4 heteroatoms. The second-order valence-electron chi connectivity index (χ2n) is 1.87. The number of hydrogen-bond donors (Lipinski definition) is 1. The first-order valence-electron chi connectivity index (χ1n) is 2.88. The Kier molecular flexibility index (Phi) is 1.04. The molecule has 1 N–H and O–H groups in total. The van der Waals surface area contributed by atoms with Crippen molar-refractivity contribution in [2.75, 3.05) is 0 Å². The summed E-state index contributed by atoms with van der Waals surface area (Å²) in [7, 11) is 0. The van der Waals surface area contributed by atoms with Crippen molar-refractivity contribution in [2.24, 2.45) is 0 Å². The summed E-state index contributed by atoms with van der Waals surface area (Å²) < 4.78 is 4.79. The van der Waals surface area contributed by atoms with Crippen molar-refractivity contribution in [1.82, 2.24) is 15.4 Å². The Morgan fingerprint density at radius 3 is 3.10 bits per heavy atom. The lowest BCUT2D eigenvalue weighted by atomic mass is 10.4. The molecular weight excluding hydrogens is 130 g/mol. The lowest BCUT2D eigenvalue weighted by molar-refractivity contribution is 0.403. The summed E-state index contributed by atoms with van der Waals surface area (Å²) >= 11 is 0. The van der Waals surface area contributed by atoms with Crippen LogP contribution < -0.4 is 0 Å². The number of aromatic amines is 1. The fraction of sp³-hybridized carbons (Fsp3) is 0. The predicted octanol–water partition coefficient (Wildman–Crippen LogP) is 1.06. The molecule has 2 heterocycles.